The number of methoxy groups -OCH3 is 1. The van der Waals surface area contributed by atoms with Gasteiger partial charge in [0.1, 0.15) is 11.2 Å². The fourth-order valence-electron chi connectivity index (χ4n) is 2.16. The van der Waals surface area contributed by atoms with E-state index in [0.29, 0.717) is 12.8 Å². The molecule has 1 aromatic carbocycles. The second kappa shape index (κ2) is 7.04. The van der Waals surface area contributed by atoms with Crippen molar-refractivity contribution in [1.29, 1.82) is 0 Å². The molecule has 0 N–H and O–H groups in total. The number of Topliss-reactive ketones (excluding diaryl/α,β-unsaturated/α-hetero) is 1. The summed E-state index contributed by atoms with van der Waals surface area (Å²) < 4.78 is 4.89. The molecule has 20 heavy (non-hydrogen) atoms. The number of hydrogen-bond acceptors (Lipinski definition) is 3. The minimum Gasteiger partial charge on any atom is -0.468 e. The smallest absolute Gasteiger partial charge is 0.320 e. The number of ketones is 1. The van der Waals surface area contributed by atoms with Gasteiger partial charge in [-0.15, -0.1) is 0 Å². The minimum absolute atomic E-state index is 0.161. The first kappa shape index (κ1) is 16.2. The van der Waals surface area contributed by atoms with E-state index in [1.165, 1.54) is 14.0 Å². The fraction of sp³-hybridized carbons (Fsp3) is 0.412. The van der Waals surface area contributed by atoms with E-state index in [-0.39, 0.29) is 5.78 Å². The number of ether oxygens (including phenoxy) is 1. The fourth-order valence-corrected chi connectivity index (χ4v) is 2.16. The Morgan fingerprint density at radius 3 is 2.20 bits per heavy atom. The molecule has 1 atom stereocenters. The van der Waals surface area contributed by atoms with Gasteiger partial charge in [0, 0.05) is 0 Å². The Labute approximate surface area is 120 Å². The third-order valence-corrected chi connectivity index (χ3v) is 3.46. The average molecular weight is 274 g/mol. The predicted molar refractivity (Wildman–Crippen MR) is 79.3 cm³/mol. The van der Waals surface area contributed by atoms with Gasteiger partial charge in [-0.25, -0.2) is 0 Å². The van der Waals surface area contributed by atoms with Crippen LogP contribution >= 0.6 is 0 Å². The maximum Gasteiger partial charge on any atom is 0.320 e. The van der Waals surface area contributed by atoms with E-state index >= 15 is 0 Å². The van der Waals surface area contributed by atoms with Gasteiger partial charge in [-0.2, -0.15) is 0 Å². The number of carbonyl (C=O) groups is 2. The van der Waals surface area contributed by atoms with Crippen molar-refractivity contribution >= 4 is 11.8 Å². The number of hydrogen-bond donors (Lipinski definition) is 0. The Kier molecular flexibility index (Phi) is 5.68. The van der Waals surface area contributed by atoms with Crippen molar-refractivity contribution < 1.29 is 14.3 Å². The lowest BCUT2D eigenvalue weighted by Crippen LogP contribution is -2.40. The zero-order valence-corrected chi connectivity index (χ0v) is 12.6. The number of esters is 1. The summed E-state index contributed by atoms with van der Waals surface area (Å²) in [4.78, 5) is 24.4. The molecular weight excluding hydrogens is 252 g/mol. The largest absolute Gasteiger partial charge is 0.468 e. The number of benzene rings is 1. The number of carbonyl (C=O) groups excluding carboxylic acids is 2. The van der Waals surface area contributed by atoms with Crippen LogP contribution in [0, 0.1) is 5.41 Å². The zero-order valence-electron chi connectivity index (χ0n) is 12.6. The summed E-state index contributed by atoms with van der Waals surface area (Å²) in [6.07, 6.45) is 2.65. The maximum absolute atomic E-state index is 12.2. The van der Waals surface area contributed by atoms with E-state index < -0.39 is 11.4 Å². The topological polar surface area (TPSA) is 43.4 Å². The third-order valence-electron chi connectivity index (χ3n) is 3.46. The lowest BCUT2D eigenvalue weighted by Gasteiger charge is -2.27. The molecule has 0 heterocycles. The van der Waals surface area contributed by atoms with Crippen LogP contribution in [0.4, 0.5) is 0 Å². The van der Waals surface area contributed by atoms with Gasteiger partial charge < -0.3 is 4.74 Å². The van der Waals surface area contributed by atoms with Crippen molar-refractivity contribution in [1.82, 2.24) is 0 Å². The quantitative estimate of drug-likeness (QED) is 0.454. The molecule has 0 bridgehead atoms. The van der Waals surface area contributed by atoms with Gasteiger partial charge in [0.15, 0.2) is 0 Å². The summed E-state index contributed by atoms with van der Waals surface area (Å²) in [6.45, 7) is 5.36. The molecule has 0 aliphatic heterocycles. The molecule has 3 heteroatoms. The van der Waals surface area contributed by atoms with E-state index in [2.05, 4.69) is 0 Å². The summed E-state index contributed by atoms with van der Waals surface area (Å²) in [5, 5.41) is 0. The van der Waals surface area contributed by atoms with Crippen LogP contribution in [0.15, 0.2) is 42.0 Å². The summed E-state index contributed by atoms with van der Waals surface area (Å²) >= 11 is 0. The molecule has 0 spiro atoms. The van der Waals surface area contributed by atoms with Gasteiger partial charge in [0.25, 0.3) is 0 Å². The highest BCUT2D eigenvalue weighted by Crippen LogP contribution is 2.31. The maximum atomic E-state index is 12.2. The van der Waals surface area contributed by atoms with Gasteiger partial charge in [0.05, 0.1) is 7.11 Å². The Bertz CT molecular complexity index is 498. The SMILES string of the molecule is COC(=O)C(CC=C(C)C)(Cc1ccccc1)C(C)=O. The first-order valence-corrected chi connectivity index (χ1v) is 6.69. The van der Waals surface area contributed by atoms with Crippen molar-refractivity contribution in [2.24, 2.45) is 5.41 Å². The summed E-state index contributed by atoms with van der Waals surface area (Å²) in [5.41, 5.74) is 0.899. The van der Waals surface area contributed by atoms with Gasteiger partial charge in [-0.3, -0.25) is 9.59 Å². The standard InChI is InChI=1S/C17H22O3/c1-13(2)10-11-17(14(3)18,16(19)20-4)12-15-8-6-5-7-9-15/h5-10H,11-12H2,1-4H3. The Morgan fingerprint density at radius 1 is 1.15 bits per heavy atom. The molecule has 0 saturated carbocycles. The molecule has 0 radical (unpaired) electrons. The van der Waals surface area contributed by atoms with Gasteiger partial charge in [-0.05, 0) is 39.2 Å². The van der Waals surface area contributed by atoms with Crippen molar-refractivity contribution in [2.45, 2.75) is 33.6 Å². The van der Waals surface area contributed by atoms with Crippen LogP contribution in [0.25, 0.3) is 0 Å². The second-order valence-electron chi connectivity index (χ2n) is 5.28. The second-order valence-corrected chi connectivity index (χ2v) is 5.28. The van der Waals surface area contributed by atoms with E-state index in [9.17, 15) is 9.59 Å². The molecule has 108 valence electrons. The van der Waals surface area contributed by atoms with Crippen LogP contribution in [0.1, 0.15) is 32.8 Å². The van der Waals surface area contributed by atoms with E-state index in [0.717, 1.165) is 11.1 Å². The van der Waals surface area contributed by atoms with Gasteiger partial charge in [0.2, 0.25) is 0 Å². The van der Waals surface area contributed by atoms with Gasteiger partial charge >= 0.3 is 5.97 Å². The van der Waals surface area contributed by atoms with Crippen LogP contribution in [-0.2, 0) is 20.7 Å². The molecule has 1 rings (SSSR count). The van der Waals surface area contributed by atoms with Crippen LogP contribution < -0.4 is 0 Å². The van der Waals surface area contributed by atoms with E-state index in [1.807, 2.05) is 50.3 Å². The molecule has 3 nitrogen and oxygen atoms in total. The zero-order chi connectivity index (χ0) is 15.2. The highest BCUT2D eigenvalue weighted by Gasteiger charge is 2.43. The number of rotatable bonds is 6. The monoisotopic (exact) mass is 274 g/mol. The van der Waals surface area contributed by atoms with Crippen molar-refractivity contribution in [3.8, 4) is 0 Å². The lowest BCUT2D eigenvalue weighted by molar-refractivity contribution is -0.157. The Balaban J connectivity index is 3.19. The molecule has 1 unspecified atom stereocenters. The molecule has 0 fully saturated rings. The van der Waals surface area contributed by atoms with Crippen LogP contribution in [-0.4, -0.2) is 18.9 Å². The molecule has 1 aromatic rings. The van der Waals surface area contributed by atoms with Crippen LogP contribution in [0.3, 0.4) is 0 Å². The normalized spacial score (nSPS) is 13.2. The summed E-state index contributed by atoms with van der Waals surface area (Å²) in [5.74, 6) is -0.628. The van der Waals surface area contributed by atoms with Crippen molar-refractivity contribution in [3.05, 3.63) is 47.5 Å². The molecule has 0 amide bonds. The molecule has 0 aromatic heterocycles. The molecular formula is C17H22O3. The Hall–Kier alpha value is -1.90. The van der Waals surface area contributed by atoms with Gasteiger partial charge in [-0.1, -0.05) is 42.0 Å². The first-order chi connectivity index (χ1) is 9.42. The Morgan fingerprint density at radius 2 is 1.75 bits per heavy atom. The third kappa shape index (κ3) is 3.80. The van der Waals surface area contributed by atoms with Crippen molar-refractivity contribution in [3.63, 3.8) is 0 Å². The average Bonchev–Trinajstić information content (AvgIpc) is 2.43. The lowest BCUT2D eigenvalue weighted by atomic mass is 9.75. The van der Waals surface area contributed by atoms with Crippen molar-refractivity contribution in [2.75, 3.05) is 7.11 Å². The van der Waals surface area contributed by atoms with E-state index in [4.69, 9.17) is 4.74 Å². The minimum atomic E-state index is -1.13. The predicted octanol–water partition coefficient (Wildman–Crippen LogP) is 3.33. The van der Waals surface area contributed by atoms with Crippen LogP contribution in [0.2, 0.25) is 0 Å². The summed E-state index contributed by atoms with van der Waals surface area (Å²) in [6, 6.07) is 9.55. The highest BCUT2D eigenvalue weighted by atomic mass is 16.5. The number of allylic oxidation sites excluding steroid dienone is 2. The molecule has 0 aliphatic rings. The highest BCUT2D eigenvalue weighted by molar-refractivity contribution is 6.03. The first-order valence-electron chi connectivity index (χ1n) is 6.69. The molecule has 0 saturated heterocycles. The molecule has 0 aliphatic carbocycles. The van der Waals surface area contributed by atoms with Crippen LogP contribution in [0.5, 0.6) is 0 Å². The summed E-state index contributed by atoms with van der Waals surface area (Å²) in [7, 11) is 1.33. The van der Waals surface area contributed by atoms with E-state index in [1.54, 1.807) is 0 Å².